The van der Waals surface area contributed by atoms with Crippen LogP contribution in [0.5, 0.6) is 0 Å². The van der Waals surface area contributed by atoms with Gasteiger partial charge in [-0.05, 0) is 38.3 Å². The molecule has 0 aliphatic rings. The van der Waals surface area contributed by atoms with Crippen LogP contribution in [0.25, 0.3) is 0 Å². The van der Waals surface area contributed by atoms with E-state index in [1.807, 2.05) is 13.8 Å². The zero-order valence-electron chi connectivity index (χ0n) is 12.8. The smallest absolute Gasteiger partial charge is 0.426 e. The summed E-state index contributed by atoms with van der Waals surface area (Å²) in [4.78, 5) is 19.8. The minimum absolute atomic E-state index is 0.0501. The van der Waals surface area contributed by atoms with Gasteiger partial charge in [0, 0.05) is 6.54 Å². The summed E-state index contributed by atoms with van der Waals surface area (Å²) in [5, 5.41) is 1.85. The van der Waals surface area contributed by atoms with Gasteiger partial charge in [0.15, 0.2) is 5.82 Å². The highest BCUT2D eigenvalue weighted by molar-refractivity contribution is 6.33. The van der Waals surface area contributed by atoms with Crippen LogP contribution in [0.3, 0.4) is 0 Å². The molecule has 1 heterocycles. The number of anilines is 1. The fourth-order valence-electron chi connectivity index (χ4n) is 1.49. The molecule has 118 valence electrons. The number of carbonyl (C=O) groups is 1. The van der Waals surface area contributed by atoms with E-state index in [2.05, 4.69) is 15.4 Å². The maximum absolute atomic E-state index is 11.9. The van der Waals surface area contributed by atoms with Gasteiger partial charge in [-0.3, -0.25) is 5.01 Å². The molecule has 21 heavy (non-hydrogen) atoms. The second-order valence-corrected chi connectivity index (χ2v) is 6.67. The molecule has 0 saturated carbocycles. The lowest BCUT2D eigenvalue weighted by Crippen LogP contribution is -2.47. The first-order chi connectivity index (χ1) is 9.58. The molecular formula is C13H20Cl2N4O2. The van der Waals surface area contributed by atoms with E-state index in [1.165, 1.54) is 11.2 Å². The molecule has 0 aromatic carbocycles. The third-order valence-electron chi connectivity index (χ3n) is 2.12. The first-order valence-corrected chi connectivity index (χ1v) is 7.29. The number of carbonyl (C=O) groups excluding carboxylic acids is 1. The van der Waals surface area contributed by atoms with Crippen molar-refractivity contribution < 1.29 is 9.53 Å². The molecule has 0 bridgehead atoms. The SMILES string of the molecule is CC(C)CN(NC(=O)OC(C)(C)C)c1nc(Cl)ncc1Cl. The lowest BCUT2D eigenvalue weighted by molar-refractivity contribution is 0.0519. The van der Waals surface area contributed by atoms with Gasteiger partial charge < -0.3 is 4.74 Å². The summed E-state index contributed by atoms with van der Waals surface area (Å²) in [7, 11) is 0. The zero-order chi connectivity index (χ0) is 16.2. The Labute approximate surface area is 134 Å². The number of nitrogens with one attached hydrogen (secondary N) is 1. The van der Waals surface area contributed by atoms with Crippen molar-refractivity contribution in [2.75, 3.05) is 11.6 Å². The van der Waals surface area contributed by atoms with Crippen molar-refractivity contribution in [3.8, 4) is 0 Å². The number of hydrazine groups is 1. The van der Waals surface area contributed by atoms with Crippen molar-refractivity contribution in [1.29, 1.82) is 0 Å². The number of ether oxygens (including phenoxy) is 1. The van der Waals surface area contributed by atoms with E-state index >= 15 is 0 Å². The van der Waals surface area contributed by atoms with Gasteiger partial charge in [-0.1, -0.05) is 25.4 Å². The van der Waals surface area contributed by atoms with E-state index in [4.69, 9.17) is 27.9 Å². The molecule has 1 aromatic heterocycles. The van der Waals surface area contributed by atoms with Crippen LogP contribution in [0.15, 0.2) is 6.20 Å². The standard InChI is InChI=1S/C13H20Cl2N4O2/c1-8(2)7-19(18-12(20)21-13(3,4)5)10-9(14)6-16-11(15)17-10/h6,8H,7H2,1-5H3,(H,18,20). The summed E-state index contributed by atoms with van der Waals surface area (Å²) in [5.41, 5.74) is 2.03. The summed E-state index contributed by atoms with van der Waals surface area (Å²) in [6.45, 7) is 9.85. The number of aromatic nitrogens is 2. The van der Waals surface area contributed by atoms with Crippen molar-refractivity contribution in [3.05, 3.63) is 16.5 Å². The Hall–Kier alpha value is -1.27. The fourth-order valence-corrected chi connectivity index (χ4v) is 1.81. The van der Waals surface area contributed by atoms with Crippen LogP contribution in [-0.2, 0) is 4.74 Å². The van der Waals surface area contributed by atoms with Gasteiger partial charge in [0.05, 0.1) is 6.20 Å². The van der Waals surface area contributed by atoms with Gasteiger partial charge >= 0.3 is 6.09 Å². The average molecular weight is 335 g/mol. The molecule has 1 aromatic rings. The largest absolute Gasteiger partial charge is 0.443 e. The Kier molecular flexibility index (Phi) is 6.04. The molecule has 0 spiro atoms. The van der Waals surface area contributed by atoms with Crippen LogP contribution >= 0.6 is 23.2 Å². The normalized spacial score (nSPS) is 11.4. The van der Waals surface area contributed by atoms with Crippen LogP contribution in [0.2, 0.25) is 10.3 Å². The number of amides is 1. The zero-order valence-corrected chi connectivity index (χ0v) is 14.3. The van der Waals surface area contributed by atoms with Gasteiger partial charge in [-0.2, -0.15) is 4.98 Å². The van der Waals surface area contributed by atoms with Crippen molar-refractivity contribution in [1.82, 2.24) is 15.4 Å². The maximum Gasteiger partial charge on any atom is 0.426 e. The molecule has 0 saturated heterocycles. The quantitative estimate of drug-likeness (QED) is 0.671. The van der Waals surface area contributed by atoms with Gasteiger partial charge in [0.1, 0.15) is 10.6 Å². The van der Waals surface area contributed by atoms with E-state index in [1.54, 1.807) is 20.8 Å². The molecule has 0 atom stereocenters. The molecule has 0 aliphatic heterocycles. The molecule has 0 aliphatic carbocycles. The monoisotopic (exact) mass is 334 g/mol. The Morgan fingerprint density at radius 3 is 2.57 bits per heavy atom. The number of hydrogen-bond acceptors (Lipinski definition) is 5. The first kappa shape index (κ1) is 17.8. The number of hydrogen-bond donors (Lipinski definition) is 1. The highest BCUT2D eigenvalue weighted by Crippen LogP contribution is 2.23. The second-order valence-electron chi connectivity index (χ2n) is 5.93. The van der Waals surface area contributed by atoms with Crippen molar-refractivity contribution in [2.24, 2.45) is 5.92 Å². The highest BCUT2D eigenvalue weighted by atomic mass is 35.5. The number of rotatable bonds is 4. The predicted octanol–water partition coefficient (Wildman–Crippen LogP) is 3.69. The Balaban J connectivity index is 2.95. The molecular weight excluding hydrogens is 315 g/mol. The Morgan fingerprint density at radius 2 is 2.05 bits per heavy atom. The van der Waals surface area contributed by atoms with Crippen molar-refractivity contribution in [2.45, 2.75) is 40.2 Å². The lowest BCUT2D eigenvalue weighted by atomic mass is 10.2. The number of halogens is 2. The fraction of sp³-hybridized carbons (Fsp3) is 0.615. The van der Waals surface area contributed by atoms with E-state index in [9.17, 15) is 4.79 Å². The van der Waals surface area contributed by atoms with E-state index < -0.39 is 11.7 Å². The predicted molar refractivity (Wildman–Crippen MR) is 83.6 cm³/mol. The van der Waals surface area contributed by atoms with Gasteiger partial charge in [0.2, 0.25) is 5.28 Å². The lowest BCUT2D eigenvalue weighted by Gasteiger charge is -2.28. The second kappa shape index (κ2) is 7.13. The molecule has 8 heteroatoms. The summed E-state index contributed by atoms with van der Waals surface area (Å²) in [6, 6.07) is 0. The third-order valence-corrected chi connectivity index (χ3v) is 2.57. The van der Waals surface area contributed by atoms with Crippen LogP contribution in [0.4, 0.5) is 10.6 Å². The molecule has 6 nitrogen and oxygen atoms in total. The Bertz CT molecular complexity index is 503. The van der Waals surface area contributed by atoms with Crippen molar-refractivity contribution in [3.63, 3.8) is 0 Å². The minimum atomic E-state index is -0.597. The number of nitrogens with zero attached hydrogens (tertiary/aromatic N) is 3. The molecule has 1 N–H and O–H groups in total. The van der Waals surface area contributed by atoms with E-state index in [0.717, 1.165) is 0 Å². The molecule has 0 unspecified atom stereocenters. The van der Waals surface area contributed by atoms with Crippen LogP contribution < -0.4 is 10.4 Å². The highest BCUT2D eigenvalue weighted by Gasteiger charge is 2.21. The minimum Gasteiger partial charge on any atom is -0.443 e. The first-order valence-electron chi connectivity index (χ1n) is 6.53. The Morgan fingerprint density at radius 1 is 1.43 bits per heavy atom. The average Bonchev–Trinajstić information content (AvgIpc) is 2.28. The van der Waals surface area contributed by atoms with Crippen molar-refractivity contribution >= 4 is 35.1 Å². The molecule has 0 radical (unpaired) electrons. The summed E-state index contributed by atoms with van der Waals surface area (Å²) < 4.78 is 5.23. The van der Waals surface area contributed by atoms with Crippen LogP contribution in [-0.4, -0.2) is 28.2 Å². The van der Waals surface area contributed by atoms with Gasteiger partial charge in [-0.25, -0.2) is 15.2 Å². The topological polar surface area (TPSA) is 67.4 Å². The van der Waals surface area contributed by atoms with Gasteiger partial charge in [-0.15, -0.1) is 0 Å². The van der Waals surface area contributed by atoms with Gasteiger partial charge in [0.25, 0.3) is 0 Å². The summed E-state index contributed by atoms with van der Waals surface area (Å²) in [5.74, 6) is 0.584. The summed E-state index contributed by atoms with van der Waals surface area (Å²) in [6.07, 6.45) is 0.796. The molecule has 1 amide bonds. The van der Waals surface area contributed by atoms with E-state index in [-0.39, 0.29) is 16.2 Å². The molecule has 1 rings (SSSR count). The maximum atomic E-state index is 11.9. The summed E-state index contributed by atoms with van der Waals surface area (Å²) >= 11 is 11.9. The molecule has 0 fully saturated rings. The van der Waals surface area contributed by atoms with E-state index in [0.29, 0.717) is 12.4 Å². The third kappa shape index (κ3) is 6.35. The van der Waals surface area contributed by atoms with Crippen LogP contribution in [0.1, 0.15) is 34.6 Å². The van der Waals surface area contributed by atoms with Crippen LogP contribution in [0, 0.1) is 5.92 Å².